The SMILES string of the molecule is C/C(=C\C(=O)c1coc(C)c1)C[C@@H]1OC[C@H](C[C@@H]2O[C@H]2[C@@H](C)[C@H](C)O)[C@@H](O)[C@H]1O. The van der Waals surface area contributed by atoms with Crippen molar-refractivity contribution < 1.29 is 34.0 Å². The second-order valence-corrected chi connectivity index (χ2v) is 8.59. The van der Waals surface area contributed by atoms with Gasteiger partial charge in [-0.25, -0.2) is 0 Å². The number of epoxide rings is 1. The Balaban J connectivity index is 1.51. The average Bonchev–Trinajstić information content (AvgIpc) is 3.29. The summed E-state index contributed by atoms with van der Waals surface area (Å²) in [5, 5.41) is 30.8. The second kappa shape index (κ2) is 9.10. The van der Waals surface area contributed by atoms with Crippen molar-refractivity contribution in [2.24, 2.45) is 11.8 Å². The summed E-state index contributed by atoms with van der Waals surface area (Å²) in [5.41, 5.74) is 1.25. The van der Waals surface area contributed by atoms with E-state index in [1.807, 2.05) is 6.92 Å². The first kappa shape index (κ1) is 22.2. The van der Waals surface area contributed by atoms with Crippen LogP contribution in [0, 0.1) is 18.8 Å². The standard InChI is InChI=1S/C22H32O7/c1-11(5-17(24)15-7-12(2)27-9-15)6-18-21(26)20(25)16(10-28-18)8-19-22(29-19)13(3)14(4)23/h5,7,9,13-14,16,18-23,25-26H,6,8,10H2,1-4H3/b11-5+/t13-,14-,16-,18-,19-,20+,21-,22-/m0/s1. The zero-order chi connectivity index (χ0) is 21.3. The van der Waals surface area contributed by atoms with Gasteiger partial charge in [-0.1, -0.05) is 12.5 Å². The average molecular weight is 408 g/mol. The molecule has 0 bridgehead atoms. The molecule has 2 aliphatic rings. The molecule has 0 radical (unpaired) electrons. The number of ketones is 1. The van der Waals surface area contributed by atoms with Gasteiger partial charge in [-0.2, -0.15) is 0 Å². The van der Waals surface area contributed by atoms with Crippen LogP contribution >= 0.6 is 0 Å². The molecule has 3 N–H and O–H groups in total. The molecular weight excluding hydrogens is 376 g/mol. The molecule has 1 aromatic heterocycles. The van der Waals surface area contributed by atoms with E-state index in [2.05, 4.69) is 0 Å². The van der Waals surface area contributed by atoms with Gasteiger partial charge in [0.1, 0.15) is 18.1 Å². The van der Waals surface area contributed by atoms with Crippen molar-refractivity contribution in [1.82, 2.24) is 0 Å². The van der Waals surface area contributed by atoms with Gasteiger partial charge in [0, 0.05) is 11.8 Å². The maximum absolute atomic E-state index is 12.2. The quantitative estimate of drug-likeness (QED) is 0.343. The fourth-order valence-corrected chi connectivity index (χ4v) is 3.97. The van der Waals surface area contributed by atoms with Crippen LogP contribution < -0.4 is 0 Å². The highest BCUT2D eigenvalue weighted by molar-refractivity contribution is 6.04. The molecule has 0 unspecified atom stereocenters. The summed E-state index contributed by atoms with van der Waals surface area (Å²) in [7, 11) is 0. The summed E-state index contributed by atoms with van der Waals surface area (Å²) in [6.07, 6.45) is 0.875. The third-order valence-electron chi connectivity index (χ3n) is 6.09. The summed E-state index contributed by atoms with van der Waals surface area (Å²) in [6, 6.07) is 1.68. The molecule has 3 rings (SSSR count). The Morgan fingerprint density at radius 2 is 2.00 bits per heavy atom. The molecule has 7 heteroatoms. The lowest BCUT2D eigenvalue weighted by atomic mass is 9.85. The normalized spacial score (nSPS) is 34.7. The predicted molar refractivity (Wildman–Crippen MR) is 106 cm³/mol. The van der Waals surface area contributed by atoms with Crippen LogP contribution in [0.2, 0.25) is 0 Å². The number of carbonyl (C=O) groups excluding carboxylic acids is 1. The lowest BCUT2D eigenvalue weighted by molar-refractivity contribution is -0.165. The Labute approximate surface area is 171 Å². The lowest BCUT2D eigenvalue weighted by Crippen LogP contribution is -2.50. The van der Waals surface area contributed by atoms with Crippen LogP contribution in [0.1, 0.15) is 49.7 Å². The Morgan fingerprint density at radius 3 is 2.62 bits per heavy atom. The summed E-state index contributed by atoms with van der Waals surface area (Å²) in [6.45, 7) is 7.58. The summed E-state index contributed by atoms with van der Waals surface area (Å²) >= 11 is 0. The predicted octanol–water partition coefficient (Wildman–Crippen LogP) is 2.02. The number of allylic oxidation sites excluding steroid dienone is 1. The van der Waals surface area contributed by atoms with Crippen LogP contribution in [0.5, 0.6) is 0 Å². The van der Waals surface area contributed by atoms with Crippen molar-refractivity contribution in [3.05, 3.63) is 35.3 Å². The van der Waals surface area contributed by atoms with Gasteiger partial charge in [0.2, 0.25) is 0 Å². The first-order chi connectivity index (χ1) is 13.7. The van der Waals surface area contributed by atoms with Crippen LogP contribution in [0.4, 0.5) is 0 Å². The molecule has 7 nitrogen and oxygen atoms in total. The van der Waals surface area contributed by atoms with Crippen molar-refractivity contribution >= 4 is 5.78 Å². The number of ether oxygens (including phenoxy) is 2. The molecule has 0 aromatic carbocycles. The Hall–Kier alpha value is -1.51. The van der Waals surface area contributed by atoms with Gasteiger partial charge in [-0.15, -0.1) is 0 Å². The first-order valence-electron chi connectivity index (χ1n) is 10.2. The van der Waals surface area contributed by atoms with Gasteiger partial charge >= 0.3 is 0 Å². The highest BCUT2D eigenvalue weighted by Crippen LogP contribution is 2.38. The molecule has 29 heavy (non-hydrogen) atoms. The second-order valence-electron chi connectivity index (χ2n) is 8.59. The van der Waals surface area contributed by atoms with E-state index >= 15 is 0 Å². The van der Waals surface area contributed by atoms with Crippen molar-refractivity contribution in [3.63, 3.8) is 0 Å². The third kappa shape index (κ3) is 5.35. The molecule has 1 aromatic rings. The molecule has 0 spiro atoms. The van der Waals surface area contributed by atoms with E-state index in [1.54, 1.807) is 26.8 Å². The number of aryl methyl sites for hydroxylation is 1. The number of aliphatic hydroxyl groups excluding tert-OH is 3. The van der Waals surface area contributed by atoms with Gasteiger partial charge in [-0.05, 0) is 45.8 Å². The van der Waals surface area contributed by atoms with Crippen molar-refractivity contribution in [1.29, 1.82) is 0 Å². The van der Waals surface area contributed by atoms with Crippen molar-refractivity contribution in [2.45, 2.75) is 77.2 Å². The summed E-state index contributed by atoms with van der Waals surface area (Å²) in [4.78, 5) is 12.2. The van der Waals surface area contributed by atoms with E-state index in [1.165, 1.54) is 12.3 Å². The largest absolute Gasteiger partial charge is 0.469 e. The monoisotopic (exact) mass is 408 g/mol. The maximum atomic E-state index is 12.2. The fraction of sp³-hybridized carbons (Fsp3) is 0.682. The Kier molecular flexibility index (Phi) is 6.96. The van der Waals surface area contributed by atoms with Gasteiger partial charge in [-0.3, -0.25) is 4.79 Å². The van der Waals surface area contributed by atoms with Gasteiger partial charge in [0.25, 0.3) is 0 Å². The molecule has 0 aliphatic carbocycles. The number of carbonyl (C=O) groups is 1. The number of aliphatic hydroxyl groups is 3. The summed E-state index contributed by atoms with van der Waals surface area (Å²) < 4.78 is 16.6. The van der Waals surface area contributed by atoms with Crippen LogP contribution in [-0.2, 0) is 9.47 Å². The van der Waals surface area contributed by atoms with Crippen LogP contribution in [-0.4, -0.2) is 64.3 Å². The number of rotatable bonds is 8. The van der Waals surface area contributed by atoms with Crippen molar-refractivity contribution in [2.75, 3.05) is 6.61 Å². The highest BCUT2D eigenvalue weighted by Gasteiger charge is 2.48. The number of furan rings is 1. The van der Waals surface area contributed by atoms with E-state index in [-0.39, 0.29) is 29.8 Å². The van der Waals surface area contributed by atoms with Gasteiger partial charge in [0.05, 0.1) is 42.7 Å². The zero-order valence-electron chi connectivity index (χ0n) is 17.4. The topological polar surface area (TPSA) is 113 Å². The molecule has 0 amide bonds. The first-order valence-corrected chi connectivity index (χ1v) is 10.2. The minimum atomic E-state index is -1.03. The van der Waals surface area contributed by atoms with Crippen LogP contribution in [0.25, 0.3) is 0 Å². The Bertz CT molecular complexity index is 737. The van der Waals surface area contributed by atoms with Crippen molar-refractivity contribution in [3.8, 4) is 0 Å². The van der Waals surface area contributed by atoms with E-state index in [9.17, 15) is 20.1 Å². The molecule has 0 saturated carbocycles. The smallest absolute Gasteiger partial charge is 0.189 e. The summed E-state index contributed by atoms with van der Waals surface area (Å²) in [5.74, 6) is 0.317. The van der Waals surface area contributed by atoms with Gasteiger partial charge in [0.15, 0.2) is 5.78 Å². The molecule has 2 aliphatic heterocycles. The fourth-order valence-electron chi connectivity index (χ4n) is 3.97. The highest BCUT2D eigenvalue weighted by atomic mass is 16.6. The zero-order valence-corrected chi connectivity index (χ0v) is 17.4. The lowest BCUT2D eigenvalue weighted by Gasteiger charge is -2.38. The van der Waals surface area contributed by atoms with E-state index in [0.29, 0.717) is 30.8 Å². The Morgan fingerprint density at radius 1 is 1.28 bits per heavy atom. The number of hydrogen-bond donors (Lipinski definition) is 3. The molecule has 3 heterocycles. The minimum Gasteiger partial charge on any atom is -0.469 e. The van der Waals surface area contributed by atoms with Crippen LogP contribution in [0.3, 0.4) is 0 Å². The van der Waals surface area contributed by atoms with E-state index in [0.717, 1.165) is 5.57 Å². The van der Waals surface area contributed by atoms with E-state index in [4.69, 9.17) is 13.9 Å². The molecule has 2 saturated heterocycles. The number of hydrogen-bond acceptors (Lipinski definition) is 7. The van der Waals surface area contributed by atoms with Gasteiger partial charge < -0.3 is 29.2 Å². The van der Waals surface area contributed by atoms with Crippen LogP contribution in [0.15, 0.2) is 28.4 Å². The molecular formula is C22H32O7. The minimum absolute atomic E-state index is 0.0141. The third-order valence-corrected chi connectivity index (χ3v) is 6.09. The molecule has 162 valence electrons. The molecule has 2 fully saturated rings. The maximum Gasteiger partial charge on any atom is 0.189 e. The molecule has 8 atom stereocenters. The van der Waals surface area contributed by atoms with E-state index < -0.39 is 24.4 Å².